The Morgan fingerprint density at radius 2 is 1.83 bits per heavy atom. The van der Waals surface area contributed by atoms with Crippen LogP contribution >= 0.6 is 0 Å². The first kappa shape index (κ1) is 21.3. The van der Waals surface area contributed by atoms with Gasteiger partial charge in [0.2, 0.25) is 0 Å². The van der Waals surface area contributed by atoms with E-state index < -0.39 is 22.3 Å². The monoisotopic (exact) mass is 393 g/mol. The SMILES string of the molecule is C#Cc1cc(OCC#N)cc(NC(=O)OC(C)(C)C)c1[N+](=O)[O-].c1cc2ccc1-2. The Labute approximate surface area is 168 Å². The molecule has 0 aromatic heterocycles. The van der Waals surface area contributed by atoms with Crippen molar-refractivity contribution in [3.8, 4) is 35.3 Å². The van der Waals surface area contributed by atoms with Crippen LogP contribution in [0.2, 0.25) is 0 Å². The molecule has 2 aliphatic carbocycles. The molecule has 2 aliphatic rings. The van der Waals surface area contributed by atoms with Gasteiger partial charge in [-0.1, -0.05) is 30.2 Å². The lowest BCUT2D eigenvalue weighted by atomic mass is 9.95. The van der Waals surface area contributed by atoms with Crippen LogP contribution in [-0.4, -0.2) is 23.2 Å². The van der Waals surface area contributed by atoms with E-state index in [1.165, 1.54) is 23.3 Å². The number of hydrogen-bond acceptors (Lipinski definition) is 6. The maximum absolute atomic E-state index is 11.8. The Bertz CT molecular complexity index is 988. The number of nitrogens with zero attached hydrogens (tertiary/aromatic N) is 2. The summed E-state index contributed by atoms with van der Waals surface area (Å²) in [5.41, 5.74) is 1.36. The molecule has 0 saturated carbocycles. The van der Waals surface area contributed by atoms with E-state index in [0.29, 0.717) is 0 Å². The van der Waals surface area contributed by atoms with Crippen LogP contribution in [0, 0.1) is 33.8 Å². The van der Waals surface area contributed by atoms with Crippen molar-refractivity contribution in [1.82, 2.24) is 0 Å². The summed E-state index contributed by atoms with van der Waals surface area (Å²) in [4.78, 5) is 22.3. The first-order valence-electron chi connectivity index (χ1n) is 8.54. The zero-order chi connectivity index (χ0) is 21.6. The van der Waals surface area contributed by atoms with Gasteiger partial charge in [-0.15, -0.1) is 6.42 Å². The predicted molar refractivity (Wildman–Crippen MR) is 107 cm³/mol. The first-order valence-corrected chi connectivity index (χ1v) is 8.54. The molecule has 0 unspecified atom stereocenters. The van der Waals surface area contributed by atoms with Gasteiger partial charge >= 0.3 is 11.8 Å². The zero-order valence-corrected chi connectivity index (χ0v) is 16.2. The second-order valence-electron chi connectivity index (χ2n) is 6.92. The molecule has 0 radical (unpaired) electrons. The summed E-state index contributed by atoms with van der Waals surface area (Å²) >= 11 is 0. The predicted octanol–water partition coefficient (Wildman–Crippen LogP) is 4.49. The van der Waals surface area contributed by atoms with Gasteiger partial charge in [-0.3, -0.25) is 15.4 Å². The topological polar surface area (TPSA) is 114 Å². The van der Waals surface area contributed by atoms with E-state index in [2.05, 4.69) is 35.5 Å². The number of amides is 1. The van der Waals surface area contributed by atoms with Crippen LogP contribution in [0.25, 0.3) is 11.1 Å². The van der Waals surface area contributed by atoms with E-state index in [1.54, 1.807) is 26.8 Å². The van der Waals surface area contributed by atoms with Crippen LogP contribution in [0.15, 0.2) is 36.4 Å². The van der Waals surface area contributed by atoms with Crippen LogP contribution in [-0.2, 0) is 4.74 Å². The molecular formula is C21H19N3O5. The van der Waals surface area contributed by atoms with Crippen molar-refractivity contribution in [2.24, 2.45) is 0 Å². The number of hydrogen-bond donors (Lipinski definition) is 1. The molecule has 148 valence electrons. The first-order chi connectivity index (χ1) is 13.6. The molecule has 1 amide bonds. The number of nitro benzene ring substituents is 1. The third kappa shape index (κ3) is 5.72. The molecule has 3 rings (SSSR count). The normalized spacial score (nSPS) is 10.4. The largest absolute Gasteiger partial charge is 0.479 e. The summed E-state index contributed by atoms with van der Waals surface area (Å²) in [6.45, 7) is 4.69. The Morgan fingerprint density at radius 3 is 2.21 bits per heavy atom. The molecule has 1 aromatic rings. The summed E-state index contributed by atoms with van der Waals surface area (Å²) in [6, 6.07) is 12.7. The van der Waals surface area contributed by atoms with Crippen molar-refractivity contribution in [3.05, 3.63) is 52.1 Å². The van der Waals surface area contributed by atoms with E-state index in [4.69, 9.17) is 21.2 Å². The number of terminal acetylenes is 1. The summed E-state index contributed by atoms with van der Waals surface area (Å²) < 4.78 is 10.1. The number of nitriles is 1. The van der Waals surface area contributed by atoms with Crippen molar-refractivity contribution in [1.29, 1.82) is 5.26 Å². The van der Waals surface area contributed by atoms with E-state index in [9.17, 15) is 14.9 Å². The number of benzene rings is 2. The highest BCUT2D eigenvalue weighted by Gasteiger charge is 2.24. The Hall–Kier alpha value is -4.04. The van der Waals surface area contributed by atoms with Crippen molar-refractivity contribution >= 4 is 17.5 Å². The molecule has 0 aliphatic heterocycles. The fourth-order valence-electron chi connectivity index (χ4n) is 2.29. The smallest absolute Gasteiger partial charge is 0.412 e. The van der Waals surface area contributed by atoms with E-state index in [0.717, 1.165) is 0 Å². The van der Waals surface area contributed by atoms with Crippen molar-refractivity contribution < 1.29 is 19.2 Å². The van der Waals surface area contributed by atoms with Gasteiger partial charge in [0.25, 0.3) is 0 Å². The van der Waals surface area contributed by atoms with Crippen LogP contribution in [0.3, 0.4) is 0 Å². The number of carbonyl (C=O) groups excluding carboxylic acids is 1. The van der Waals surface area contributed by atoms with Gasteiger partial charge in [0.1, 0.15) is 28.7 Å². The highest BCUT2D eigenvalue weighted by molar-refractivity contribution is 5.90. The third-order valence-electron chi connectivity index (χ3n) is 3.58. The lowest BCUT2D eigenvalue weighted by Crippen LogP contribution is -2.27. The third-order valence-corrected chi connectivity index (χ3v) is 3.58. The molecule has 0 bridgehead atoms. The number of nitrogens with one attached hydrogen (secondary N) is 1. The average molecular weight is 393 g/mol. The molecule has 0 atom stereocenters. The number of rotatable bonds is 4. The lowest BCUT2D eigenvalue weighted by molar-refractivity contribution is -0.384. The molecule has 1 N–H and O–H groups in total. The molecular weight excluding hydrogens is 374 g/mol. The fourth-order valence-corrected chi connectivity index (χ4v) is 2.29. The highest BCUT2D eigenvalue weighted by Crippen LogP contribution is 2.33. The summed E-state index contributed by atoms with van der Waals surface area (Å²) in [5, 5.41) is 22.0. The van der Waals surface area contributed by atoms with E-state index in [-0.39, 0.29) is 23.6 Å². The van der Waals surface area contributed by atoms with Gasteiger partial charge in [0.15, 0.2) is 6.61 Å². The Balaban J connectivity index is 0.000000414. The quantitative estimate of drug-likeness (QED) is 0.397. The van der Waals surface area contributed by atoms with Gasteiger partial charge in [0.05, 0.1) is 4.92 Å². The Morgan fingerprint density at radius 1 is 1.24 bits per heavy atom. The second kappa shape index (κ2) is 8.77. The second-order valence-corrected chi connectivity index (χ2v) is 6.92. The molecule has 0 spiro atoms. The molecule has 0 fully saturated rings. The molecule has 8 nitrogen and oxygen atoms in total. The minimum absolute atomic E-state index is 0.0866. The number of ether oxygens (including phenoxy) is 2. The summed E-state index contributed by atoms with van der Waals surface area (Å²) in [5.74, 6) is 2.28. The summed E-state index contributed by atoms with van der Waals surface area (Å²) in [6.07, 6.45) is 4.39. The van der Waals surface area contributed by atoms with Gasteiger partial charge < -0.3 is 9.47 Å². The fraction of sp³-hybridized carbons (Fsp3) is 0.238. The molecule has 8 heteroatoms. The lowest BCUT2D eigenvalue weighted by Gasteiger charge is -2.20. The van der Waals surface area contributed by atoms with E-state index in [1.807, 2.05) is 0 Å². The standard InChI is InChI=1S/C15H15N3O5.C6H4/c1-5-10-8-11(22-7-6-16)9-12(13(10)18(20)21)17-14(19)23-15(2,3)4;1-2-6-4-3-5(1)6/h1,8-9H,7H2,2-4H3,(H,17,19);1-4H. The van der Waals surface area contributed by atoms with E-state index >= 15 is 0 Å². The van der Waals surface area contributed by atoms with Gasteiger partial charge in [0, 0.05) is 12.1 Å². The van der Waals surface area contributed by atoms with Crippen LogP contribution in [0.4, 0.5) is 16.2 Å². The molecule has 0 saturated heterocycles. The number of carbonyl (C=O) groups is 1. The minimum Gasteiger partial charge on any atom is -0.479 e. The Kier molecular flexibility index (Phi) is 6.43. The number of nitro groups is 1. The average Bonchev–Trinajstić information content (AvgIpc) is 2.60. The molecule has 29 heavy (non-hydrogen) atoms. The van der Waals surface area contributed by atoms with Crippen molar-refractivity contribution in [2.45, 2.75) is 26.4 Å². The zero-order valence-electron chi connectivity index (χ0n) is 16.2. The van der Waals surface area contributed by atoms with Gasteiger partial charge in [-0.25, -0.2) is 4.79 Å². The molecule has 1 aromatic carbocycles. The number of anilines is 1. The van der Waals surface area contributed by atoms with Crippen molar-refractivity contribution in [2.75, 3.05) is 11.9 Å². The summed E-state index contributed by atoms with van der Waals surface area (Å²) in [7, 11) is 0. The van der Waals surface area contributed by atoms with Crippen LogP contribution < -0.4 is 10.1 Å². The maximum Gasteiger partial charge on any atom is 0.412 e. The molecule has 0 heterocycles. The van der Waals surface area contributed by atoms with Gasteiger partial charge in [-0.2, -0.15) is 5.26 Å². The van der Waals surface area contributed by atoms with Gasteiger partial charge in [-0.05, 0) is 31.9 Å². The highest BCUT2D eigenvalue weighted by atomic mass is 16.6. The minimum atomic E-state index is -0.874. The van der Waals surface area contributed by atoms with Crippen LogP contribution in [0.5, 0.6) is 5.75 Å². The van der Waals surface area contributed by atoms with Crippen LogP contribution in [0.1, 0.15) is 26.3 Å². The maximum atomic E-state index is 11.8. The number of fused-ring (bicyclic) bond motifs is 1. The van der Waals surface area contributed by atoms with Crippen molar-refractivity contribution in [3.63, 3.8) is 0 Å².